The molecule has 1 aliphatic heterocycles. The molecule has 0 saturated carbocycles. The predicted octanol–water partition coefficient (Wildman–Crippen LogP) is 2.99. The molecule has 148 valence electrons. The summed E-state index contributed by atoms with van der Waals surface area (Å²) in [5.41, 5.74) is 0.682. The molecule has 1 unspecified atom stereocenters. The van der Waals surface area contributed by atoms with E-state index in [1.807, 2.05) is 0 Å². The van der Waals surface area contributed by atoms with Crippen molar-refractivity contribution in [2.75, 3.05) is 34.5 Å². The van der Waals surface area contributed by atoms with Crippen LogP contribution in [0.2, 0.25) is 0 Å². The average Bonchev–Trinajstić information content (AvgIpc) is 3.33. The highest BCUT2D eigenvalue weighted by Crippen LogP contribution is 2.41. The molecule has 1 N–H and O–H groups in total. The van der Waals surface area contributed by atoms with Crippen molar-refractivity contribution in [3.05, 3.63) is 57.5 Å². The zero-order valence-electron chi connectivity index (χ0n) is 15.8. The molecule has 0 spiro atoms. The lowest BCUT2D eigenvalue weighted by molar-refractivity contribution is -0.130. The second-order valence-electron chi connectivity index (χ2n) is 6.08. The van der Waals surface area contributed by atoms with E-state index in [0.29, 0.717) is 21.9 Å². The standard InChI is InChI=1S/C20H21NO6S/c1-25-9-8-21-17(12-6-7-13(26-2)14(11-12)27-3)16(19(23)20(21)24)18(22)15-5-4-10-28-15/h4-7,10-11,17,23H,8-9H2,1-3H3. The van der Waals surface area contributed by atoms with Crippen LogP contribution in [-0.4, -0.2) is 56.2 Å². The Bertz CT molecular complexity index is 905. The smallest absolute Gasteiger partial charge is 0.290 e. The molecule has 1 aromatic heterocycles. The summed E-state index contributed by atoms with van der Waals surface area (Å²) >= 11 is 1.26. The third-order valence-corrected chi connectivity index (χ3v) is 5.42. The topological polar surface area (TPSA) is 85.3 Å². The largest absolute Gasteiger partial charge is 0.503 e. The fourth-order valence-electron chi connectivity index (χ4n) is 3.22. The summed E-state index contributed by atoms with van der Waals surface area (Å²) in [5, 5.41) is 12.3. The van der Waals surface area contributed by atoms with Gasteiger partial charge in [-0.25, -0.2) is 0 Å². The number of aliphatic hydroxyl groups is 1. The van der Waals surface area contributed by atoms with Crippen LogP contribution in [0.15, 0.2) is 47.0 Å². The van der Waals surface area contributed by atoms with Crippen molar-refractivity contribution >= 4 is 23.0 Å². The number of hydrogen-bond donors (Lipinski definition) is 1. The van der Waals surface area contributed by atoms with Crippen LogP contribution in [0.25, 0.3) is 0 Å². The Balaban J connectivity index is 2.11. The molecule has 3 rings (SSSR count). The molecule has 28 heavy (non-hydrogen) atoms. The summed E-state index contributed by atoms with van der Waals surface area (Å²) in [7, 11) is 4.56. The van der Waals surface area contributed by atoms with Crippen LogP contribution in [0.1, 0.15) is 21.3 Å². The molecule has 1 atom stereocenters. The first-order valence-electron chi connectivity index (χ1n) is 8.56. The van der Waals surface area contributed by atoms with Gasteiger partial charge in [0.05, 0.1) is 37.3 Å². The molecular weight excluding hydrogens is 382 g/mol. The summed E-state index contributed by atoms with van der Waals surface area (Å²) in [4.78, 5) is 27.7. The molecule has 0 fully saturated rings. The molecule has 1 aliphatic rings. The molecule has 2 heterocycles. The number of methoxy groups -OCH3 is 3. The van der Waals surface area contributed by atoms with Gasteiger partial charge >= 0.3 is 0 Å². The zero-order valence-corrected chi connectivity index (χ0v) is 16.6. The molecular formula is C20H21NO6S. The lowest BCUT2D eigenvalue weighted by atomic mass is 9.95. The van der Waals surface area contributed by atoms with Crippen LogP contribution in [-0.2, 0) is 9.53 Å². The molecule has 7 nitrogen and oxygen atoms in total. The van der Waals surface area contributed by atoms with Crippen LogP contribution in [0.4, 0.5) is 0 Å². The number of amides is 1. The SMILES string of the molecule is COCCN1C(=O)C(O)=C(C(=O)c2cccs2)C1c1ccc(OC)c(OC)c1. The van der Waals surface area contributed by atoms with E-state index in [9.17, 15) is 14.7 Å². The quantitative estimate of drug-likeness (QED) is 0.682. The van der Waals surface area contributed by atoms with Gasteiger partial charge in [-0.15, -0.1) is 11.3 Å². The number of thiophene rings is 1. The summed E-state index contributed by atoms with van der Waals surface area (Å²) in [6, 6.07) is 7.82. The summed E-state index contributed by atoms with van der Waals surface area (Å²) in [5.74, 6) is -0.515. The minimum Gasteiger partial charge on any atom is -0.503 e. The number of ketones is 1. The summed E-state index contributed by atoms with van der Waals surface area (Å²) in [6.45, 7) is 0.489. The van der Waals surface area contributed by atoms with Crippen molar-refractivity contribution < 1.29 is 28.9 Å². The van der Waals surface area contributed by atoms with E-state index in [2.05, 4.69) is 0 Å². The average molecular weight is 403 g/mol. The van der Waals surface area contributed by atoms with Crippen LogP contribution in [0.5, 0.6) is 11.5 Å². The highest BCUT2D eigenvalue weighted by atomic mass is 32.1. The zero-order chi connectivity index (χ0) is 20.3. The molecule has 0 radical (unpaired) electrons. The molecule has 0 saturated heterocycles. The van der Waals surface area contributed by atoms with Crippen LogP contribution in [0.3, 0.4) is 0 Å². The van der Waals surface area contributed by atoms with Crippen LogP contribution < -0.4 is 9.47 Å². The van der Waals surface area contributed by atoms with E-state index in [4.69, 9.17) is 14.2 Å². The van der Waals surface area contributed by atoms with E-state index < -0.39 is 17.7 Å². The highest BCUT2D eigenvalue weighted by Gasteiger charge is 2.44. The molecule has 1 aromatic carbocycles. The van der Waals surface area contributed by atoms with Gasteiger partial charge in [0, 0.05) is 13.7 Å². The second-order valence-corrected chi connectivity index (χ2v) is 7.02. The van der Waals surface area contributed by atoms with Gasteiger partial charge in [-0.05, 0) is 29.1 Å². The number of carbonyl (C=O) groups is 2. The van der Waals surface area contributed by atoms with E-state index in [1.54, 1.807) is 35.7 Å². The van der Waals surface area contributed by atoms with E-state index >= 15 is 0 Å². The van der Waals surface area contributed by atoms with Crippen LogP contribution >= 0.6 is 11.3 Å². The third-order valence-electron chi connectivity index (χ3n) is 4.55. The Morgan fingerprint density at radius 2 is 1.93 bits per heavy atom. The summed E-state index contributed by atoms with van der Waals surface area (Å²) in [6.07, 6.45) is 0. The van der Waals surface area contributed by atoms with Crippen molar-refractivity contribution in [1.82, 2.24) is 4.90 Å². The van der Waals surface area contributed by atoms with Gasteiger partial charge in [-0.3, -0.25) is 9.59 Å². The highest BCUT2D eigenvalue weighted by molar-refractivity contribution is 7.12. The number of Topliss-reactive ketones (excluding diaryl/α,β-unsaturated/α-hetero) is 1. The number of nitrogens with zero attached hydrogens (tertiary/aromatic N) is 1. The Morgan fingerprint density at radius 3 is 2.54 bits per heavy atom. The fourth-order valence-corrected chi connectivity index (χ4v) is 3.89. The first kappa shape index (κ1) is 19.9. The van der Waals surface area contributed by atoms with Gasteiger partial charge < -0.3 is 24.2 Å². The van der Waals surface area contributed by atoms with E-state index in [1.165, 1.54) is 37.6 Å². The Kier molecular flexibility index (Phi) is 6.01. The molecule has 0 bridgehead atoms. The van der Waals surface area contributed by atoms with Gasteiger partial charge in [-0.1, -0.05) is 12.1 Å². The number of aliphatic hydroxyl groups excluding tert-OH is 1. The predicted molar refractivity (Wildman–Crippen MR) is 104 cm³/mol. The van der Waals surface area contributed by atoms with Gasteiger partial charge in [0.2, 0.25) is 5.78 Å². The van der Waals surface area contributed by atoms with Gasteiger partial charge in [0.25, 0.3) is 5.91 Å². The Labute approximate surface area is 166 Å². The third kappa shape index (κ3) is 3.48. The molecule has 2 aromatic rings. The summed E-state index contributed by atoms with van der Waals surface area (Å²) < 4.78 is 15.7. The van der Waals surface area contributed by atoms with Crippen molar-refractivity contribution in [2.45, 2.75) is 6.04 Å². The maximum atomic E-state index is 13.1. The van der Waals surface area contributed by atoms with E-state index in [-0.39, 0.29) is 24.5 Å². The number of carbonyl (C=O) groups excluding carboxylic acids is 2. The number of ether oxygens (including phenoxy) is 3. The molecule has 8 heteroatoms. The Morgan fingerprint density at radius 1 is 1.18 bits per heavy atom. The number of benzene rings is 1. The van der Waals surface area contributed by atoms with Gasteiger partial charge in [0.1, 0.15) is 0 Å². The van der Waals surface area contributed by atoms with Gasteiger partial charge in [0.15, 0.2) is 17.3 Å². The minimum atomic E-state index is -0.753. The normalized spacial score (nSPS) is 16.6. The first-order valence-corrected chi connectivity index (χ1v) is 9.44. The second kappa shape index (κ2) is 8.45. The van der Waals surface area contributed by atoms with E-state index in [0.717, 1.165) is 0 Å². The lowest BCUT2D eigenvalue weighted by Gasteiger charge is -2.27. The van der Waals surface area contributed by atoms with Crippen molar-refractivity contribution in [3.63, 3.8) is 0 Å². The van der Waals surface area contributed by atoms with Gasteiger partial charge in [-0.2, -0.15) is 0 Å². The Hall–Kier alpha value is -2.84. The fraction of sp³-hybridized carbons (Fsp3) is 0.300. The van der Waals surface area contributed by atoms with Crippen LogP contribution in [0, 0.1) is 0 Å². The van der Waals surface area contributed by atoms with Crippen molar-refractivity contribution in [1.29, 1.82) is 0 Å². The van der Waals surface area contributed by atoms with Crippen molar-refractivity contribution in [3.8, 4) is 11.5 Å². The molecule has 0 aliphatic carbocycles. The molecule has 1 amide bonds. The number of rotatable bonds is 8. The lowest BCUT2D eigenvalue weighted by Crippen LogP contribution is -2.34. The maximum Gasteiger partial charge on any atom is 0.290 e. The monoisotopic (exact) mass is 403 g/mol. The maximum absolute atomic E-state index is 13.1. The first-order chi connectivity index (χ1) is 13.5. The minimum absolute atomic E-state index is 0.0516. The van der Waals surface area contributed by atoms with Crippen molar-refractivity contribution in [2.24, 2.45) is 0 Å². The number of hydrogen-bond acceptors (Lipinski definition) is 7.